The summed E-state index contributed by atoms with van der Waals surface area (Å²) in [5, 5.41) is 12.7. The average molecular weight is 378 g/mol. The molecule has 2 aromatic carbocycles. The van der Waals surface area contributed by atoms with Gasteiger partial charge >= 0.3 is 0 Å². The number of hydrogen-bond donors (Lipinski definition) is 1. The van der Waals surface area contributed by atoms with Crippen LogP contribution < -0.4 is 31.0 Å². The molecule has 0 aliphatic heterocycles. The van der Waals surface area contributed by atoms with Crippen LogP contribution in [0.4, 0.5) is 0 Å². The van der Waals surface area contributed by atoms with Crippen molar-refractivity contribution in [2.24, 2.45) is 0 Å². The Kier molecular flexibility index (Phi) is 5.80. The van der Waals surface area contributed by atoms with Gasteiger partial charge in [-0.1, -0.05) is 0 Å². The maximum atomic E-state index is 9.32. The summed E-state index contributed by atoms with van der Waals surface area (Å²) in [6.07, 6.45) is 2.06. The fourth-order valence-electron chi connectivity index (χ4n) is 2.79. The van der Waals surface area contributed by atoms with Crippen LogP contribution in [-0.4, -0.2) is 25.4 Å². The second kappa shape index (κ2) is 7.62. The average Bonchev–Trinajstić information content (AvgIpc) is 2.55. The van der Waals surface area contributed by atoms with Crippen LogP contribution >= 0.6 is 0 Å². The zero-order chi connectivity index (χ0) is 15.5. The van der Waals surface area contributed by atoms with E-state index in [1.54, 1.807) is 7.11 Å². The smallest absolute Gasteiger partial charge is 0.213 e. The lowest BCUT2D eigenvalue weighted by Crippen LogP contribution is -3.00. The molecule has 0 fully saturated rings. The highest BCUT2D eigenvalue weighted by Gasteiger charge is 2.14. The summed E-state index contributed by atoms with van der Waals surface area (Å²) in [6.45, 7) is 3.27. The van der Waals surface area contributed by atoms with Crippen molar-refractivity contribution in [2.45, 2.75) is 13.5 Å². The Labute approximate surface area is 146 Å². The molecule has 0 atom stereocenters. The summed E-state index contributed by atoms with van der Waals surface area (Å²) in [6, 6.07) is 12.1. The topological polar surface area (TPSA) is 42.6 Å². The van der Waals surface area contributed by atoms with Crippen LogP contribution in [0.2, 0.25) is 0 Å². The van der Waals surface area contributed by atoms with Crippen LogP contribution in [0.1, 0.15) is 6.92 Å². The summed E-state index contributed by atoms with van der Waals surface area (Å²) < 4.78 is 13.0. The molecular formula is C18H20BrNO3. The number of methoxy groups -OCH3 is 1. The van der Waals surface area contributed by atoms with Gasteiger partial charge in [0.1, 0.15) is 18.1 Å². The first-order chi connectivity index (χ1) is 10.8. The van der Waals surface area contributed by atoms with Crippen molar-refractivity contribution < 1.29 is 36.1 Å². The third-order valence-corrected chi connectivity index (χ3v) is 3.77. The molecule has 0 saturated carbocycles. The van der Waals surface area contributed by atoms with Gasteiger partial charge in [-0.15, -0.1) is 0 Å². The van der Waals surface area contributed by atoms with Crippen molar-refractivity contribution in [2.75, 3.05) is 20.3 Å². The number of fused-ring (bicyclic) bond motifs is 3. The quantitative estimate of drug-likeness (QED) is 0.489. The molecule has 0 spiro atoms. The number of aliphatic hydroxyl groups is 1. The number of aliphatic hydroxyl groups excluding tert-OH is 1. The van der Waals surface area contributed by atoms with Gasteiger partial charge in [-0.05, 0) is 37.3 Å². The van der Waals surface area contributed by atoms with E-state index < -0.39 is 0 Å². The molecule has 1 heterocycles. The van der Waals surface area contributed by atoms with Gasteiger partial charge in [0, 0.05) is 11.5 Å². The number of benzene rings is 2. The maximum Gasteiger partial charge on any atom is 0.213 e. The van der Waals surface area contributed by atoms with Gasteiger partial charge < -0.3 is 31.6 Å². The normalized spacial score (nSPS) is 10.6. The number of ether oxygens (including phenoxy) is 2. The zero-order valence-electron chi connectivity index (χ0n) is 13.3. The van der Waals surface area contributed by atoms with E-state index in [2.05, 4.69) is 16.8 Å². The van der Waals surface area contributed by atoms with Crippen LogP contribution in [0.25, 0.3) is 21.7 Å². The highest BCUT2D eigenvalue weighted by Crippen LogP contribution is 2.28. The summed E-state index contributed by atoms with van der Waals surface area (Å²) in [5.41, 5.74) is 1.08. The Morgan fingerprint density at radius 1 is 1.04 bits per heavy atom. The molecule has 23 heavy (non-hydrogen) atoms. The number of hydrogen-bond acceptors (Lipinski definition) is 3. The van der Waals surface area contributed by atoms with Crippen molar-refractivity contribution in [3.63, 3.8) is 0 Å². The van der Waals surface area contributed by atoms with Crippen LogP contribution in [-0.2, 0) is 6.54 Å². The summed E-state index contributed by atoms with van der Waals surface area (Å²) in [5.74, 6) is 1.68. The minimum atomic E-state index is 0. The first-order valence-electron chi connectivity index (χ1n) is 7.44. The monoisotopic (exact) mass is 377 g/mol. The Morgan fingerprint density at radius 3 is 2.52 bits per heavy atom. The number of aromatic nitrogens is 1. The predicted molar refractivity (Wildman–Crippen MR) is 86.5 cm³/mol. The molecule has 0 aliphatic carbocycles. The van der Waals surface area contributed by atoms with Gasteiger partial charge in [0.15, 0.2) is 12.7 Å². The Balaban J connectivity index is 0.00000192. The number of nitrogens with zero attached hydrogens (tertiary/aromatic N) is 1. The minimum Gasteiger partial charge on any atom is -1.00 e. The Morgan fingerprint density at radius 2 is 1.83 bits per heavy atom. The van der Waals surface area contributed by atoms with E-state index in [-0.39, 0.29) is 23.6 Å². The Bertz CT molecular complexity index is 820. The van der Waals surface area contributed by atoms with Crippen LogP contribution in [0.3, 0.4) is 0 Å². The van der Waals surface area contributed by atoms with Gasteiger partial charge in [-0.3, -0.25) is 0 Å². The van der Waals surface area contributed by atoms with Crippen molar-refractivity contribution >= 4 is 21.7 Å². The summed E-state index contributed by atoms with van der Waals surface area (Å²) >= 11 is 0. The molecule has 122 valence electrons. The van der Waals surface area contributed by atoms with E-state index in [9.17, 15) is 5.11 Å². The predicted octanol–water partition coefficient (Wildman–Crippen LogP) is -0.316. The van der Waals surface area contributed by atoms with E-state index in [0.717, 1.165) is 33.2 Å². The highest BCUT2D eigenvalue weighted by molar-refractivity contribution is 6.04. The molecule has 0 amide bonds. The largest absolute Gasteiger partial charge is 1.00 e. The second-order valence-corrected chi connectivity index (χ2v) is 5.11. The van der Waals surface area contributed by atoms with Crippen LogP contribution in [0.5, 0.6) is 11.5 Å². The SMILES string of the molecule is CCOc1ccc2c(c1)c[n+](CCO)c1ccc(OC)cc21.[Br-]. The fourth-order valence-corrected chi connectivity index (χ4v) is 2.79. The van der Waals surface area contributed by atoms with Gasteiger partial charge in [0.25, 0.3) is 0 Å². The summed E-state index contributed by atoms with van der Waals surface area (Å²) in [7, 11) is 1.67. The van der Waals surface area contributed by atoms with Gasteiger partial charge in [-0.2, -0.15) is 4.57 Å². The van der Waals surface area contributed by atoms with E-state index >= 15 is 0 Å². The molecule has 0 radical (unpaired) electrons. The lowest BCUT2D eigenvalue weighted by molar-refractivity contribution is -0.671. The standard InChI is InChI=1S/C18H20NO3.BrH/c1-3-22-15-4-6-16-13(10-15)12-19(8-9-20)18-7-5-14(21-2)11-17(16)18;/h4-7,10-12,20H,3,8-9H2,1-2H3;1H/q+1;/p-1. The third kappa shape index (κ3) is 3.41. The van der Waals surface area contributed by atoms with Crippen molar-refractivity contribution in [1.29, 1.82) is 0 Å². The molecule has 5 heteroatoms. The fraction of sp³-hybridized carbons (Fsp3) is 0.278. The zero-order valence-corrected chi connectivity index (χ0v) is 14.8. The van der Waals surface area contributed by atoms with E-state index in [1.165, 1.54) is 0 Å². The summed E-state index contributed by atoms with van der Waals surface area (Å²) in [4.78, 5) is 0. The molecule has 0 aliphatic rings. The number of pyridine rings is 1. The van der Waals surface area contributed by atoms with E-state index in [0.29, 0.717) is 13.2 Å². The minimum absolute atomic E-state index is 0. The molecule has 3 aromatic rings. The first kappa shape index (κ1) is 17.5. The van der Waals surface area contributed by atoms with Crippen LogP contribution in [0, 0.1) is 0 Å². The molecule has 3 rings (SSSR count). The molecule has 0 bridgehead atoms. The van der Waals surface area contributed by atoms with Crippen molar-refractivity contribution in [1.82, 2.24) is 0 Å². The second-order valence-electron chi connectivity index (χ2n) is 5.11. The van der Waals surface area contributed by atoms with E-state index in [1.807, 2.05) is 37.3 Å². The van der Waals surface area contributed by atoms with Crippen molar-refractivity contribution in [3.8, 4) is 11.5 Å². The first-order valence-corrected chi connectivity index (χ1v) is 7.44. The molecule has 1 N–H and O–H groups in total. The Hall–Kier alpha value is -1.85. The maximum absolute atomic E-state index is 9.32. The third-order valence-electron chi connectivity index (χ3n) is 3.77. The number of halogens is 1. The van der Waals surface area contributed by atoms with Gasteiger partial charge in [-0.25, -0.2) is 0 Å². The van der Waals surface area contributed by atoms with Crippen LogP contribution in [0.15, 0.2) is 42.6 Å². The molecular weight excluding hydrogens is 358 g/mol. The highest BCUT2D eigenvalue weighted by atomic mass is 79.9. The lowest BCUT2D eigenvalue weighted by Gasteiger charge is -2.08. The molecule has 0 unspecified atom stereocenters. The van der Waals surface area contributed by atoms with Gasteiger partial charge in [0.2, 0.25) is 5.52 Å². The molecule has 0 saturated heterocycles. The van der Waals surface area contributed by atoms with Gasteiger partial charge in [0.05, 0.1) is 24.5 Å². The number of rotatable bonds is 5. The molecule has 4 nitrogen and oxygen atoms in total. The van der Waals surface area contributed by atoms with Crippen molar-refractivity contribution in [3.05, 3.63) is 42.6 Å². The van der Waals surface area contributed by atoms with E-state index in [4.69, 9.17) is 9.47 Å². The lowest BCUT2D eigenvalue weighted by atomic mass is 10.1. The molecule has 1 aromatic heterocycles.